The Bertz CT molecular complexity index is 875. The SMILES string of the molecule is CCOC(=O)C=C(C)c1cccc2ccn(Cc3ccccc3)c12. The van der Waals surface area contributed by atoms with Crippen molar-refractivity contribution in [2.75, 3.05) is 6.61 Å². The molecule has 0 radical (unpaired) electrons. The molecule has 2 aromatic carbocycles. The number of hydrogen-bond acceptors (Lipinski definition) is 2. The molecule has 3 aromatic rings. The van der Waals surface area contributed by atoms with Crippen LogP contribution >= 0.6 is 0 Å². The fourth-order valence-electron chi connectivity index (χ4n) is 2.93. The second kappa shape index (κ2) is 7.18. The molecule has 0 atom stereocenters. The van der Waals surface area contributed by atoms with Gasteiger partial charge in [0.05, 0.1) is 12.1 Å². The maximum atomic E-state index is 11.8. The van der Waals surface area contributed by atoms with Crippen LogP contribution in [0.3, 0.4) is 0 Å². The van der Waals surface area contributed by atoms with Crippen molar-refractivity contribution in [3.8, 4) is 0 Å². The number of esters is 1. The molecule has 0 aliphatic rings. The summed E-state index contributed by atoms with van der Waals surface area (Å²) in [5.41, 5.74) is 4.35. The maximum Gasteiger partial charge on any atom is 0.331 e. The lowest BCUT2D eigenvalue weighted by molar-refractivity contribution is -0.137. The third-order valence-corrected chi connectivity index (χ3v) is 4.03. The van der Waals surface area contributed by atoms with Gasteiger partial charge in [-0.3, -0.25) is 0 Å². The third kappa shape index (κ3) is 3.40. The maximum absolute atomic E-state index is 11.8. The number of fused-ring (bicyclic) bond motifs is 1. The molecule has 0 spiro atoms. The second-order valence-corrected chi connectivity index (χ2v) is 5.75. The highest BCUT2D eigenvalue weighted by Gasteiger charge is 2.10. The van der Waals surface area contributed by atoms with E-state index in [9.17, 15) is 4.79 Å². The zero-order valence-electron chi connectivity index (χ0n) is 14.0. The van der Waals surface area contributed by atoms with E-state index in [2.05, 4.69) is 41.1 Å². The van der Waals surface area contributed by atoms with Gasteiger partial charge in [-0.2, -0.15) is 0 Å². The molecule has 24 heavy (non-hydrogen) atoms. The fourth-order valence-corrected chi connectivity index (χ4v) is 2.93. The molecule has 0 N–H and O–H groups in total. The Hall–Kier alpha value is -2.81. The molecule has 3 rings (SSSR count). The molecule has 122 valence electrons. The van der Waals surface area contributed by atoms with Gasteiger partial charge in [0.2, 0.25) is 0 Å². The summed E-state index contributed by atoms with van der Waals surface area (Å²) in [6.07, 6.45) is 3.66. The van der Waals surface area contributed by atoms with E-state index < -0.39 is 0 Å². The topological polar surface area (TPSA) is 31.2 Å². The third-order valence-electron chi connectivity index (χ3n) is 4.03. The lowest BCUT2D eigenvalue weighted by Crippen LogP contribution is -2.02. The monoisotopic (exact) mass is 319 g/mol. The first-order chi connectivity index (χ1) is 11.7. The van der Waals surface area contributed by atoms with Crippen LogP contribution in [0.1, 0.15) is 25.0 Å². The van der Waals surface area contributed by atoms with E-state index in [1.807, 2.05) is 38.1 Å². The number of rotatable bonds is 5. The molecule has 0 bridgehead atoms. The van der Waals surface area contributed by atoms with Crippen LogP contribution < -0.4 is 0 Å². The van der Waals surface area contributed by atoms with Gasteiger partial charge >= 0.3 is 5.97 Å². The van der Waals surface area contributed by atoms with Crippen LogP contribution in [0.2, 0.25) is 0 Å². The molecule has 1 aromatic heterocycles. The molecule has 3 nitrogen and oxygen atoms in total. The van der Waals surface area contributed by atoms with Gasteiger partial charge in [0.15, 0.2) is 0 Å². The summed E-state index contributed by atoms with van der Waals surface area (Å²) in [7, 11) is 0. The number of carbonyl (C=O) groups is 1. The summed E-state index contributed by atoms with van der Waals surface area (Å²) in [5.74, 6) is -0.298. The number of aromatic nitrogens is 1. The molecule has 0 amide bonds. The molecule has 0 fully saturated rings. The van der Waals surface area contributed by atoms with Gasteiger partial charge in [-0.05, 0) is 31.1 Å². The Labute approximate surface area is 142 Å². The molecule has 0 aliphatic heterocycles. The highest BCUT2D eigenvalue weighted by molar-refractivity contribution is 5.97. The van der Waals surface area contributed by atoms with Crippen molar-refractivity contribution in [3.63, 3.8) is 0 Å². The Morgan fingerprint density at radius 2 is 1.88 bits per heavy atom. The molecule has 0 saturated heterocycles. The number of benzene rings is 2. The van der Waals surface area contributed by atoms with Gasteiger partial charge in [-0.25, -0.2) is 4.79 Å². The highest BCUT2D eigenvalue weighted by atomic mass is 16.5. The minimum atomic E-state index is -0.298. The first-order valence-electron chi connectivity index (χ1n) is 8.16. The molecule has 0 aliphatic carbocycles. The molecule has 0 saturated carbocycles. The summed E-state index contributed by atoms with van der Waals surface area (Å²) < 4.78 is 7.26. The second-order valence-electron chi connectivity index (χ2n) is 5.75. The Balaban J connectivity index is 2.02. The van der Waals surface area contributed by atoms with E-state index in [1.165, 1.54) is 10.9 Å². The normalized spacial score (nSPS) is 11.7. The predicted octanol–water partition coefficient (Wildman–Crippen LogP) is 4.66. The number of para-hydroxylation sites is 1. The molecular weight excluding hydrogens is 298 g/mol. The lowest BCUT2D eigenvalue weighted by Gasteiger charge is -2.11. The quantitative estimate of drug-likeness (QED) is 0.506. The Morgan fingerprint density at radius 1 is 1.08 bits per heavy atom. The first-order valence-corrected chi connectivity index (χ1v) is 8.16. The van der Waals surface area contributed by atoms with Crippen molar-refractivity contribution in [1.29, 1.82) is 0 Å². The van der Waals surface area contributed by atoms with Crippen LogP contribution in [0.15, 0.2) is 66.9 Å². The van der Waals surface area contributed by atoms with Crippen LogP contribution in [0.4, 0.5) is 0 Å². The van der Waals surface area contributed by atoms with Gasteiger partial charge in [0.25, 0.3) is 0 Å². The van der Waals surface area contributed by atoms with E-state index in [0.29, 0.717) is 6.61 Å². The van der Waals surface area contributed by atoms with Gasteiger partial charge in [-0.1, -0.05) is 48.5 Å². The van der Waals surface area contributed by atoms with Crippen LogP contribution in [0.5, 0.6) is 0 Å². The van der Waals surface area contributed by atoms with E-state index in [0.717, 1.165) is 23.2 Å². The summed E-state index contributed by atoms with van der Waals surface area (Å²) in [6, 6.07) is 18.6. The summed E-state index contributed by atoms with van der Waals surface area (Å²) in [5, 5.41) is 1.17. The molecule has 0 unspecified atom stereocenters. The van der Waals surface area contributed by atoms with Crippen molar-refractivity contribution in [3.05, 3.63) is 78.0 Å². The van der Waals surface area contributed by atoms with Crippen molar-refractivity contribution >= 4 is 22.4 Å². The molecule has 1 heterocycles. The standard InChI is InChI=1S/C21H21NO2/c1-3-24-20(23)14-16(2)19-11-7-10-18-12-13-22(21(18)19)15-17-8-5-4-6-9-17/h4-14H,3,15H2,1-2H3. The predicted molar refractivity (Wildman–Crippen MR) is 97.8 cm³/mol. The average Bonchev–Trinajstić information content (AvgIpc) is 2.99. The van der Waals surface area contributed by atoms with Crippen LogP contribution in [-0.2, 0) is 16.1 Å². The molecular formula is C21H21NO2. The highest BCUT2D eigenvalue weighted by Crippen LogP contribution is 2.27. The zero-order valence-corrected chi connectivity index (χ0v) is 14.0. The number of ether oxygens (including phenoxy) is 1. The Kier molecular flexibility index (Phi) is 4.80. The van der Waals surface area contributed by atoms with Gasteiger partial charge < -0.3 is 9.30 Å². The lowest BCUT2D eigenvalue weighted by atomic mass is 10.0. The number of hydrogen-bond donors (Lipinski definition) is 0. The van der Waals surface area contributed by atoms with Crippen molar-refractivity contribution in [2.24, 2.45) is 0 Å². The van der Waals surface area contributed by atoms with Crippen molar-refractivity contribution in [1.82, 2.24) is 4.57 Å². The Morgan fingerprint density at radius 3 is 2.62 bits per heavy atom. The summed E-state index contributed by atoms with van der Waals surface area (Å²) >= 11 is 0. The van der Waals surface area contributed by atoms with E-state index >= 15 is 0 Å². The number of allylic oxidation sites excluding steroid dienone is 1. The molecule has 3 heteroatoms. The smallest absolute Gasteiger partial charge is 0.331 e. The minimum absolute atomic E-state index is 0.298. The fraction of sp³-hybridized carbons (Fsp3) is 0.190. The van der Waals surface area contributed by atoms with Crippen LogP contribution in [-0.4, -0.2) is 17.1 Å². The zero-order chi connectivity index (χ0) is 16.9. The minimum Gasteiger partial charge on any atom is -0.463 e. The number of carbonyl (C=O) groups excluding carboxylic acids is 1. The van der Waals surface area contributed by atoms with E-state index in [-0.39, 0.29) is 5.97 Å². The van der Waals surface area contributed by atoms with Crippen LogP contribution in [0.25, 0.3) is 16.5 Å². The first kappa shape index (κ1) is 16.1. The van der Waals surface area contributed by atoms with Crippen molar-refractivity contribution < 1.29 is 9.53 Å². The van der Waals surface area contributed by atoms with Crippen molar-refractivity contribution in [2.45, 2.75) is 20.4 Å². The van der Waals surface area contributed by atoms with E-state index in [1.54, 1.807) is 6.08 Å². The largest absolute Gasteiger partial charge is 0.463 e. The summed E-state index contributed by atoms with van der Waals surface area (Å²) in [4.78, 5) is 11.8. The van der Waals surface area contributed by atoms with Crippen LogP contribution in [0, 0.1) is 0 Å². The summed E-state index contributed by atoms with van der Waals surface area (Å²) in [6.45, 7) is 4.95. The number of nitrogens with zero attached hydrogens (tertiary/aromatic N) is 1. The van der Waals surface area contributed by atoms with Gasteiger partial charge in [0, 0.05) is 29.8 Å². The van der Waals surface area contributed by atoms with E-state index in [4.69, 9.17) is 4.74 Å². The van der Waals surface area contributed by atoms with Gasteiger partial charge in [0.1, 0.15) is 0 Å². The van der Waals surface area contributed by atoms with Gasteiger partial charge in [-0.15, -0.1) is 0 Å². The average molecular weight is 319 g/mol.